The van der Waals surface area contributed by atoms with E-state index >= 15 is 0 Å². The fourth-order valence-electron chi connectivity index (χ4n) is 3.15. The molecule has 0 spiro atoms. The van der Waals surface area contributed by atoms with E-state index in [0.29, 0.717) is 21.2 Å². The number of esters is 1. The van der Waals surface area contributed by atoms with Gasteiger partial charge in [0.05, 0.1) is 23.6 Å². The van der Waals surface area contributed by atoms with Gasteiger partial charge in [0.15, 0.2) is 4.77 Å². The highest BCUT2D eigenvalue weighted by molar-refractivity contribution is 7.71. The van der Waals surface area contributed by atoms with Crippen LogP contribution in [0.5, 0.6) is 0 Å². The molecule has 0 amide bonds. The maximum absolute atomic E-state index is 12.8. The van der Waals surface area contributed by atoms with Crippen LogP contribution in [0, 0.1) is 4.77 Å². The minimum absolute atomic E-state index is 0.0814. The van der Waals surface area contributed by atoms with Crippen LogP contribution in [0.1, 0.15) is 48.5 Å². The number of H-pyrrole nitrogens is 1. The van der Waals surface area contributed by atoms with Crippen LogP contribution >= 0.6 is 12.2 Å². The van der Waals surface area contributed by atoms with Crippen molar-refractivity contribution in [2.24, 2.45) is 0 Å². The number of ether oxygens (including phenoxy) is 1. The second-order valence-corrected chi connectivity index (χ2v) is 6.04. The highest BCUT2D eigenvalue weighted by Crippen LogP contribution is 2.27. The summed E-state index contributed by atoms with van der Waals surface area (Å²) in [5.41, 5.74) is 0.891. The van der Waals surface area contributed by atoms with Gasteiger partial charge in [0.25, 0.3) is 5.56 Å². The maximum atomic E-state index is 12.8. The van der Waals surface area contributed by atoms with Crippen LogP contribution < -0.4 is 5.56 Å². The molecule has 1 fully saturated rings. The minimum atomic E-state index is -0.433. The predicted molar refractivity (Wildman–Crippen MR) is 86.9 cm³/mol. The Balaban J connectivity index is 2.15. The van der Waals surface area contributed by atoms with E-state index in [1.807, 2.05) is 0 Å². The third-order valence-corrected chi connectivity index (χ3v) is 4.59. The Bertz CT molecular complexity index is 831. The normalized spacial score (nSPS) is 15.9. The van der Waals surface area contributed by atoms with Crippen molar-refractivity contribution in [1.29, 1.82) is 0 Å². The Hall–Kier alpha value is -1.95. The van der Waals surface area contributed by atoms with Gasteiger partial charge >= 0.3 is 5.97 Å². The zero-order valence-electron chi connectivity index (χ0n) is 12.4. The number of aromatic amines is 1. The number of methoxy groups -OCH3 is 1. The molecule has 0 unspecified atom stereocenters. The van der Waals surface area contributed by atoms with Crippen molar-refractivity contribution in [3.8, 4) is 0 Å². The van der Waals surface area contributed by atoms with Crippen molar-refractivity contribution in [2.75, 3.05) is 7.11 Å². The zero-order chi connectivity index (χ0) is 15.7. The first-order valence-corrected chi connectivity index (χ1v) is 7.89. The molecule has 1 heterocycles. The molecule has 3 rings (SSSR count). The molecule has 1 aromatic carbocycles. The standard InChI is InChI=1S/C16H18N2O3S/c1-21-15(20)10-7-8-12-13(9-10)17-16(22)18(14(12)19)11-5-3-2-4-6-11/h7-9,11H,2-6H2,1H3,(H,17,22). The average Bonchev–Trinajstić information content (AvgIpc) is 2.54. The molecule has 1 saturated carbocycles. The number of benzene rings is 1. The van der Waals surface area contributed by atoms with Gasteiger partial charge in [-0.15, -0.1) is 0 Å². The SMILES string of the molecule is COC(=O)c1ccc2c(=O)n(C3CCCCC3)c(=S)[nH]c2c1. The van der Waals surface area contributed by atoms with Gasteiger partial charge in [0, 0.05) is 6.04 Å². The summed E-state index contributed by atoms with van der Waals surface area (Å²) >= 11 is 5.38. The summed E-state index contributed by atoms with van der Waals surface area (Å²) < 4.78 is 6.83. The Labute approximate surface area is 132 Å². The molecule has 0 saturated heterocycles. The van der Waals surface area contributed by atoms with Crippen molar-refractivity contribution >= 4 is 29.1 Å². The molecule has 0 aliphatic heterocycles. The molecule has 1 N–H and O–H groups in total. The van der Waals surface area contributed by atoms with Gasteiger partial charge in [-0.25, -0.2) is 4.79 Å². The molecule has 22 heavy (non-hydrogen) atoms. The van der Waals surface area contributed by atoms with E-state index in [0.717, 1.165) is 25.7 Å². The number of nitrogens with zero attached hydrogens (tertiary/aromatic N) is 1. The molecular weight excluding hydrogens is 300 g/mol. The maximum Gasteiger partial charge on any atom is 0.337 e. The summed E-state index contributed by atoms with van der Waals surface area (Å²) in [4.78, 5) is 27.4. The lowest BCUT2D eigenvalue weighted by Crippen LogP contribution is -2.28. The van der Waals surface area contributed by atoms with Gasteiger partial charge < -0.3 is 9.72 Å². The number of aromatic nitrogens is 2. The molecule has 0 radical (unpaired) electrons. The number of hydrogen-bond acceptors (Lipinski definition) is 4. The molecule has 1 aliphatic carbocycles. The summed E-state index contributed by atoms with van der Waals surface area (Å²) in [6.07, 6.45) is 5.46. The van der Waals surface area contributed by atoms with Gasteiger partial charge in [-0.3, -0.25) is 9.36 Å². The lowest BCUT2D eigenvalue weighted by atomic mass is 9.95. The van der Waals surface area contributed by atoms with E-state index in [4.69, 9.17) is 17.0 Å². The number of nitrogens with one attached hydrogen (secondary N) is 1. The number of carbonyl (C=O) groups is 1. The molecule has 0 bridgehead atoms. The van der Waals surface area contributed by atoms with Crippen LogP contribution in [0.15, 0.2) is 23.0 Å². The summed E-state index contributed by atoms with van der Waals surface area (Å²) in [7, 11) is 1.33. The predicted octanol–water partition coefficient (Wildman–Crippen LogP) is 3.35. The molecule has 5 nitrogen and oxygen atoms in total. The number of hydrogen-bond donors (Lipinski definition) is 1. The van der Waals surface area contributed by atoms with E-state index < -0.39 is 5.97 Å². The van der Waals surface area contributed by atoms with E-state index in [1.54, 1.807) is 22.8 Å². The first kappa shape index (κ1) is 15.0. The quantitative estimate of drug-likeness (QED) is 0.681. The van der Waals surface area contributed by atoms with Crippen molar-refractivity contribution in [3.63, 3.8) is 0 Å². The second kappa shape index (κ2) is 6.04. The molecule has 116 valence electrons. The van der Waals surface area contributed by atoms with E-state index in [1.165, 1.54) is 13.5 Å². The van der Waals surface area contributed by atoms with Crippen molar-refractivity contribution in [1.82, 2.24) is 9.55 Å². The first-order valence-electron chi connectivity index (χ1n) is 7.48. The lowest BCUT2D eigenvalue weighted by molar-refractivity contribution is 0.0601. The van der Waals surface area contributed by atoms with E-state index in [2.05, 4.69) is 4.98 Å². The Morgan fingerprint density at radius 2 is 2.05 bits per heavy atom. The fourth-order valence-corrected chi connectivity index (χ4v) is 3.49. The summed E-state index contributed by atoms with van der Waals surface area (Å²) in [5.74, 6) is -0.433. The van der Waals surface area contributed by atoms with Crippen molar-refractivity contribution < 1.29 is 9.53 Å². The van der Waals surface area contributed by atoms with Crippen LogP contribution in [-0.4, -0.2) is 22.6 Å². The van der Waals surface area contributed by atoms with Crippen LogP contribution in [0.25, 0.3) is 10.9 Å². The van der Waals surface area contributed by atoms with Crippen LogP contribution in [0.4, 0.5) is 0 Å². The van der Waals surface area contributed by atoms with Crippen LogP contribution in [-0.2, 0) is 4.74 Å². The monoisotopic (exact) mass is 318 g/mol. The molecular formula is C16H18N2O3S. The Morgan fingerprint density at radius 1 is 1.32 bits per heavy atom. The molecule has 1 aromatic heterocycles. The molecule has 0 atom stereocenters. The second-order valence-electron chi connectivity index (χ2n) is 5.65. The topological polar surface area (TPSA) is 64.1 Å². The molecule has 1 aliphatic rings. The highest BCUT2D eigenvalue weighted by atomic mass is 32.1. The van der Waals surface area contributed by atoms with Crippen molar-refractivity contribution in [2.45, 2.75) is 38.1 Å². The van der Waals surface area contributed by atoms with Crippen molar-refractivity contribution in [3.05, 3.63) is 38.9 Å². The van der Waals surface area contributed by atoms with E-state index in [-0.39, 0.29) is 11.6 Å². The Morgan fingerprint density at radius 3 is 2.73 bits per heavy atom. The van der Waals surface area contributed by atoms with Gasteiger partial charge in [0.1, 0.15) is 0 Å². The first-order chi connectivity index (χ1) is 10.6. The lowest BCUT2D eigenvalue weighted by Gasteiger charge is -2.24. The average molecular weight is 318 g/mol. The summed E-state index contributed by atoms with van der Waals surface area (Å²) in [6, 6.07) is 5.06. The molecule has 2 aromatic rings. The number of carbonyl (C=O) groups excluding carboxylic acids is 1. The highest BCUT2D eigenvalue weighted by Gasteiger charge is 2.19. The van der Waals surface area contributed by atoms with Crippen LogP contribution in [0.2, 0.25) is 0 Å². The van der Waals surface area contributed by atoms with E-state index in [9.17, 15) is 9.59 Å². The van der Waals surface area contributed by atoms with Crippen LogP contribution in [0.3, 0.4) is 0 Å². The summed E-state index contributed by atoms with van der Waals surface area (Å²) in [6.45, 7) is 0. The van der Waals surface area contributed by atoms with Gasteiger partial charge in [-0.1, -0.05) is 19.3 Å². The van der Waals surface area contributed by atoms with Gasteiger partial charge in [-0.2, -0.15) is 0 Å². The summed E-state index contributed by atoms with van der Waals surface area (Å²) in [5, 5.41) is 0.548. The Kier molecular flexibility index (Phi) is 4.11. The largest absolute Gasteiger partial charge is 0.465 e. The third kappa shape index (κ3) is 2.59. The zero-order valence-corrected chi connectivity index (χ0v) is 13.2. The smallest absolute Gasteiger partial charge is 0.337 e. The minimum Gasteiger partial charge on any atom is -0.465 e. The number of rotatable bonds is 2. The van der Waals surface area contributed by atoms with Gasteiger partial charge in [-0.05, 0) is 43.3 Å². The fraction of sp³-hybridized carbons (Fsp3) is 0.438. The van der Waals surface area contributed by atoms with Gasteiger partial charge in [0.2, 0.25) is 0 Å². The number of fused-ring (bicyclic) bond motifs is 1. The molecule has 6 heteroatoms. The third-order valence-electron chi connectivity index (χ3n) is 4.29.